The summed E-state index contributed by atoms with van der Waals surface area (Å²) in [5.74, 6) is 0.881. The minimum atomic E-state index is -0.102. The molecule has 0 amide bonds. The molecule has 4 nitrogen and oxygen atoms in total. The molecule has 0 unspecified atom stereocenters. The van der Waals surface area contributed by atoms with Crippen LogP contribution in [0.3, 0.4) is 0 Å². The fourth-order valence-corrected chi connectivity index (χ4v) is 1.32. The van der Waals surface area contributed by atoms with E-state index in [0.717, 1.165) is 25.2 Å². The molecule has 0 spiro atoms. The summed E-state index contributed by atoms with van der Waals surface area (Å²) < 4.78 is 7.01. The number of aryl methyl sites for hydroxylation is 2. The topological polar surface area (TPSA) is 44.1 Å². The van der Waals surface area contributed by atoms with Gasteiger partial charge in [-0.15, -0.1) is 0 Å². The number of ether oxygens (including phenoxy) is 1. The van der Waals surface area contributed by atoms with E-state index in [2.05, 4.69) is 4.98 Å². The number of esters is 1. The molecule has 0 aliphatic carbocycles. The van der Waals surface area contributed by atoms with Crippen molar-refractivity contribution in [3.8, 4) is 0 Å². The average molecular weight is 210 g/mol. The van der Waals surface area contributed by atoms with Crippen LogP contribution in [0.15, 0.2) is 12.4 Å². The van der Waals surface area contributed by atoms with Gasteiger partial charge in [0.2, 0.25) is 0 Å². The van der Waals surface area contributed by atoms with Gasteiger partial charge < -0.3 is 9.30 Å². The number of imidazole rings is 1. The van der Waals surface area contributed by atoms with Crippen LogP contribution in [0.2, 0.25) is 0 Å². The average Bonchev–Trinajstić information content (AvgIpc) is 2.61. The highest BCUT2D eigenvalue weighted by Crippen LogP contribution is 2.01. The maximum atomic E-state index is 11.2. The van der Waals surface area contributed by atoms with Crippen molar-refractivity contribution in [2.75, 3.05) is 6.61 Å². The van der Waals surface area contributed by atoms with Crippen LogP contribution >= 0.6 is 0 Å². The van der Waals surface area contributed by atoms with Crippen molar-refractivity contribution in [1.29, 1.82) is 0 Å². The largest absolute Gasteiger partial charge is 0.466 e. The van der Waals surface area contributed by atoms with Gasteiger partial charge in [-0.25, -0.2) is 4.98 Å². The Hall–Kier alpha value is -1.32. The molecule has 1 aromatic rings. The van der Waals surface area contributed by atoms with Crippen molar-refractivity contribution in [1.82, 2.24) is 9.55 Å². The summed E-state index contributed by atoms with van der Waals surface area (Å²) in [6, 6.07) is 0. The molecule has 0 aliphatic rings. The predicted octanol–water partition coefficient (Wildman–Crippen LogP) is 1.92. The van der Waals surface area contributed by atoms with Gasteiger partial charge in [-0.05, 0) is 19.8 Å². The Kier molecular flexibility index (Phi) is 4.87. The SMILES string of the molecule is CCCOC(=O)CCCn1ccnc1C. The highest BCUT2D eigenvalue weighted by atomic mass is 16.5. The molecule has 0 saturated heterocycles. The molecular weight excluding hydrogens is 192 g/mol. The number of carbonyl (C=O) groups is 1. The molecule has 0 radical (unpaired) electrons. The van der Waals surface area contributed by atoms with Crippen LogP contribution < -0.4 is 0 Å². The van der Waals surface area contributed by atoms with E-state index in [-0.39, 0.29) is 5.97 Å². The number of aromatic nitrogens is 2. The van der Waals surface area contributed by atoms with Gasteiger partial charge in [0.05, 0.1) is 6.61 Å². The molecule has 0 atom stereocenters. The Morgan fingerprint density at radius 2 is 2.40 bits per heavy atom. The molecule has 84 valence electrons. The zero-order valence-electron chi connectivity index (χ0n) is 9.40. The molecule has 1 aromatic heterocycles. The molecule has 0 aliphatic heterocycles. The van der Waals surface area contributed by atoms with Crippen molar-refractivity contribution < 1.29 is 9.53 Å². The van der Waals surface area contributed by atoms with Crippen molar-refractivity contribution in [2.24, 2.45) is 0 Å². The summed E-state index contributed by atoms with van der Waals surface area (Å²) in [6.07, 6.45) is 5.86. The first-order chi connectivity index (χ1) is 7.24. The number of nitrogens with zero attached hydrogens (tertiary/aromatic N) is 2. The van der Waals surface area contributed by atoms with E-state index >= 15 is 0 Å². The Morgan fingerprint density at radius 1 is 1.60 bits per heavy atom. The Morgan fingerprint density at radius 3 is 3.00 bits per heavy atom. The molecule has 0 fully saturated rings. The second-order valence-corrected chi connectivity index (χ2v) is 3.49. The zero-order valence-corrected chi connectivity index (χ0v) is 9.40. The minimum absolute atomic E-state index is 0.102. The van der Waals surface area contributed by atoms with Crippen LogP contribution in [-0.4, -0.2) is 22.1 Å². The maximum Gasteiger partial charge on any atom is 0.305 e. The highest BCUT2D eigenvalue weighted by molar-refractivity contribution is 5.69. The van der Waals surface area contributed by atoms with Crippen molar-refractivity contribution in [3.05, 3.63) is 18.2 Å². The first-order valence-corrected chi connectivity index (χ1v) is 5.37. The van der Waals surface area contributed by atoms with Crippen LogP contribution in [0.5, 0.6) is 0 Å². The summed E-state index contributed by atoms with van der Waals surface area (Å²) >= 11 is 0. The maximum absolute atomic E-state index is 11.2. The molecule has 0 N–H and O–H groups in total. The van der Waals surface area contributed by atoms with Crippen molar-refractivity contribution in [2.45, 2.75) is 39.7 Å². The van der Waals surface area contributed by atoms with Crippen molar-refractivity contribution in [3.63, 3.8) is 0 Å². The summed E-state index contributed by atoms with van der Waals surface area (Å²) in [5.41, 5.74) is 0. The molecular formula is C11H18N2O2. The Bertz CT molecular complexity index is 307. The van der Waals surface area contributed by atoms with E-state index in [9.17, 15) is 4.79 Å². The normalized spacial score (nSPS) is 10.3. The number of carbonyl (C=O) groups excluding carboxylic acids is 1. The number of hydrogen-bond donors (Lipinski definition) is 0. The molecule has 1 heterocycles. The second kappa shape index (κ2) is 6.22. The van der Waals surface area contributed by atoms with Gasteiger partial charge in [-0.3, -0.25) is 4.79 Å². The monoisotopic (exact) mass is 210 g/mol. The van der Waals surface area contributed by atoms with Gasteiger partial charge in [0.25, 0.3) is 0 Å². The Balaban J connectivity index is 2.16. The van der Waals surface area contributed by atoms with Gasteiger partial charge in [0.15, 0.2) is 0 Å². The third kappa shape index (κ3) is 4.14. The van der Waals surface area contributed by atoms with Gasteiger partial charge in [0, 0.05) is 25.4 Å². The van der Waals surface area contributed by atoms with Gasteiger partial charge in [-0.2, -0.15) is 0 Å². The second-order valence-electron chi connectivity index (χ2n) is 3.49. The molecule has 0 aromatic carbocycles. The first kappa shape index (κ1) is 11.8. The lowest BCUT2D eigenvalue weighted by atomic mass is 10.3. The molecule has 15 heavy (non-hydrogen) atoms. The summed E-state index contributed by atoms with van der Waals surface area (Å²) in [7, 11) is 0. The number of hydrogen-bond acceptors (Lipinski definition) is 3. The smallest absolute Gasteiger partial charge is 0.305 e. The molecule has 1 rings (SSSR count). The van der Waals surface area contributed by atoms with Crippen LogP contribution in [0.25, 0.3) is 0 Å². The van der Waals surface area contributed by atoms with Gasteiger partial charge in [0.1, 0.15) is 5.82 Å². The van der Waals surface area contributed by atoms with Crippen LogP contribution in [0.4, 0.5) is 0 Å². The van der Waals surface area contributed by atoms with E-state index in [0.29, 0.717) is 13.0 Å². The highest BCUT2D eigenvalue weighted by Gasteiger charge is 2.02. The summed E-state index contributed by atoms with van der Waals surface area (Å²) in [5, 5.41) is 0. The van der Waals surface area contributed by atoms with Crippen molar-refractivity contribution >= 4 is 5.97 Å². The van der Waals surface area contributed by atoms with Gasteiger partial charge in [-0.1, -0.05) is 6.92 Å². The fraction of sp³-hybridized carbons (Fsp3) is 0.636. The number of rotatable bonds is 6. The molecule has 0 saturated carbocycles. The van der Waals surface area contributed by atoms with Crippen LogP contribution in [0, 0.1) is 6.92 Å². The van der Waals surface area contributed by atoms with E-state index in [4.69, 9.17) is 4.74 Å². The standard InChI is InChI=1S/C11H18N2O2/c1-3-9-15-11(14)5-4-7-13-8-6-12-10(13)2/h6,8H,3-5,7,9H2,1-2H3. The third-order valence-electron chi connectivity index (χ3n) is 2.17. The van der Waals surface area contributed by atoms with E-state index in [1.807, 2.05) is 24.6 Å². The Labute approximate surface area is 90.3 Å². The fourth-order valence-electron chi connectivity index (χ4n) is 1.32. The van der Waals surface area contributed by atoms with Gasteiger partial charge >= 0.3 is 5.97 Å². The lowest BCUT2D eigenvalue weighted by Gasteiger charge is -2.05. The lowest BCUT2D eigenvalue weighted by molar-refractivity contribution is -0.143. The molecule has 0 bridgehead atoms. The lowest BCUT2D eigenvalue weighted by Crippen LogP contribution is -2.07. The predicted molar refractivity (Wildman–Crippen MR) is 57.4 cm³/mol. The van der Waals surface area contributed by atoms with Crippen LogP contribution in [-0.2, 0) is 16.1 Å². The zero-order chi connectivity index (χ0) is 11.1. The summed E-state index contributed by atoms with van der Waals surface area (Å²) in [4.78, 5) is 15.3. The van der Waals surface area contributed by atoms with E-state index in [1.165, 1.54) is 0 Å². The molecule has 4 heteroatoms. The first-order valence-electron chi connectivity index (χ1n) is 5.37. The third-order valence-corrected chi connectivity index (χ3v) is 2.17. The van der Waals surface area contributed by atoms with E-state index < -0.39 is 0 Å². The quantitative estimate of drug-likeness (QED) is 0.674. The minimum Gasteiger partial charge on any atom is -0.466 e. The summed E-state index contributed by atoms with van der Waals surface area (Å²) in [6.45, 7) is 5.30. The van der Waals surface area contributed by atoms with E-state index in [1.54, 1.807) is 6.20 Å². The van der Waals surface area contributed by atoms with Crippen LogP contribution in [0.1, 0.15) is 32.0 Å².